The molecular weight excluding hydrogens is 212 g/mol. The van der Waals surface area contributed by atoms with E-state index in [0.29, 0.717) is 6.42 Å². The van der Waals surface area contributed by atoms with Gasteiger partial charge in [0.1, 0.15) is 0 Å². The Labute approximate surface area is 95.7 Å². The summed E-state index contributed by atoms with van der Waals surface area (Å²) in [5.41, 5.74) is -0.573. The number of carbonyl (C=O) groups excluding carboxylic acids is 1. The zero-order valence-electron chi connectivity index (χ0n) is 10.5. The summed E-state index contributed by atoms with van der Waals surface area (Å²) in [6.45, 7) is 3.56. The van der Waals surface area contributed by atoms with Crippen LogP contribution in [0.2, 0.25) is 0 Å². The first kappa shape index (κ1) is 14.7. The molecule has 0 aliphatic rings. The summed E-state index contributed by atoms with van der Waals surface area (Å²) >= 11 is 0. The molecule has 0 aromatic carbocycles. The molecule has 0 unspecified atom stereocenters. The highest BCUT2D eigenvalue weighted by Gasteiger charge is 2.28. The Morgan fingerprint density at radius 1 is 1.31 bits per heavy atom. The molecule has 0 heterocycles. The summed E-state index contributed by atoms with van der Waals surface area (Å²) in [5, 5.41) is 9.98. The summed E-state index contributed by atoms with van der Waals surface area (Å²) in [6, 6.07) is 0. The Morgan fingerprint density at radius 3 is 2.19 bits per heavy atom. The molecule has 0 saturated heterocycles. The van der Waals surface area contributed by atoms with Gasteiger partial charge in [-0.3, -0.25) is 9.63 Å². The first-order valence-electron chi connectivity index (χ1n) is 5.00. The van der Waals surface area contributed by atoms with Crippen LogP contribution in [0.1, 0.15) is 26.7 Å². The Balaban J connectivity index is 4.29. The topological polar surface area (TPSA) is 70.1 Å². The van der Waals surface area contributed by atoms with Crippen LogP contribution in [0.25, 0.3) is 0 Å². The predicted molar refractivity (Wildman–Crippen MR) is 58.9 cm³/mol. The largest absolute Gasteiger partial charge is 0.465 e. The van der Waals surface area contributed by atoms with Crippen LogP contribution >= 0.6 is 0 Å². The molecule has 0 saturated carbocycles. The maximum Gasteiger partial charge on any atom is 0.407 e. The van der Waals surface area contributed by atoms with Gasteiger partial charge in [0.25, 0.3) is 0 Å². The number of carboxylic acid groups (broad SMARTS) is 1. The van der Waals surface area contributed by atoms with Crippen LogP contribution < -0.4 is 0 Å². The third-order valence-corrected chi connectivity index (χ3v) is 2.77. The van der Waals surface area contributed by atoms with Crippen molar-refractivity contribution in [2.75, 3.05) is 21.2 Å². The van der Waals surface area contributed by atoms with E-state index in [9.17, 15) is 9.59 Å². The lowest BCUT2D eigenvalue weighted by Gasteiger charge is -2.33. The molecule has 0 aromatic heterocycles. The summed E-state index contributed by atoms with van der Waals surface area (Å²) in [7, 11) is 4.43. The smallest absolute Gasteiger partial charge is 0.407 e. The van der Waals surface area contributed by atoms with Crippen molar-refractivity contribution in [1.29, 1.82) is 0 Å². The zero-order chi connectivity index (χ0) is 12.9. The van der Waals surface area contributed by atoms with Crippen LogP contribution in [-0.4, -0.2) is 53.8 Å². The average molecular weight is 232 g/mol. The molecule has 0 bridgehead atoms. The van der Waals surface area contributed by atoms with Crippen LogP contribution in [0.5, 0.6) is 0 Å². The van der Waals surface area contributed by atoms with Crippen molar-refractivity contribution in [1.82, 2.24) is 9.96 Å². The van der Waals surface area contributed by atoms with Crippen molar-refractivity contribution < 1.29 is 19.5 Å². The molecule has 16 heavy (non-hydrogen) atoms. The molecule has 0 rings (SSSR count). The fraction of sp³-hybridized carbons (Fsp3) is 0.800. The number of hydroxylamine groups is 2. The van der Waals surface area contributed by atoms with E-state index in [2.05, 4.69) is 0 Å². The molecule has 0 aromatic rings. The fourth-order valence-corrected chi connectivity index (χ4v) is 1.10. The molecule has 0 aliphatic carbocycles. The van der Waals surface area contributed by atoms with Crippen molar-refractivity contribution in [3.63, 3.8) is 0 Å². The van der Waals surface area contributed by atoms with Gasteiger partial charge in [-0.05, 0) is 20.3 Å². The summed E-state index contributed by atoms with van der Waals surface area (Å²) < 4.78 is 0. The SMILES string of the molecule is CON(C)C(=O)CCC(C)(C)N(C)C(=O)O. The summed E-state index contributed by atoms with van der Waals surface area (Å²) in [4.78, 5) is 28.2. The standard InChI is InChI=1S/C10H20N2O4/c1-10(2,11(3)9(14)15)7-6-8(13)12(4)16-5/h6-7H2,1-5H3,(H,14,15). The second-order valence-corrected chi connectivity index (χ2v) is 4.23. The highest BCUT2D eigenvalue weighted by Crippen LogP contribution is 2.19. The zero-order valence-corrected chi connectivity index (χ0v) is 10.5. The third-order valence-electron chi connectivity index (χ3n) is 2.77. The fourth-order valence-electron chi connectivity index (χ4n) is 1.10. The van der Waals surface area contributed by atoms with Gasteiger partial charge in [0.05, 0.1) is 7.11 Å². The lowest BCUT2D eigenvalue weighted by molar-refractivity contribution is -0.169. The van der Waals surface area contributed by atoms with E-state index >= 15 is 0 Å². The van der Waals surface area contributed by atoms with Crippen LogP contribution in [0.4, 0.5) is 4.79 Å². The maximum atomic E-state index is 11.4. The molecule has 2 amide bonds. The van der Waals surface area contributed by atoms with Gasteiger partial charge in [0.2, 0.25) is 5.91 Å². The van der Waals surface area contributed by atoms with Gasteiger partial charge in [-0.1, -0.05) is 0 Å². The number of hydrogen-bond acceptors (Lipinski definition) is 3. The van der Waals surface area contributed by atoms with E-state index in [-0.39, 0.29) is 12.3 Å². The second kappa shape index (κ2) is 5.69. The van der Waals surface area contributed by atoms with E-state index in [0.717, 1.165) is 5.06 Å². The molecule has 6 nitrogen and oxygen atoms in total. The molecule has 94 valence electrons. The normalized spacial score (nSPS) is 11.1. The number of rotatable bonds is 5. The monoisotopic (exact) mass is 232 g/mol. The Kier molecular flexibility index (Phi) is 5.23. The van der Waals surface area contributed by atoms with Crippen molar-refractivity contribution in [2.45, 2.75) is 32.2 Å². The van der Waals surface area contributed by atoms with Crippen molar-refractivity contribution >= 4 is 12.0 Å². The number of hydrogen-bond donors (Lipinski definition) is 1. The second-order valence-electron chi connectivity index (χ2n) is 4.23. The van der Waals surface area contributed by atoms with Crippen LogP contribution in [0.3, 0.4) is 0 Å². The molecule has 0 atom stereocenters. The Morgan fingerprint density at radius 2 is 1.81 bits per heavy atom. The minimum Gasteiger partial charge on any atom is -0.465 e. The first-order valence-corrected chi connectivity index (χ1v) is 5.00. The Hall–Kier alpha value is -1.30. The lowest BCUT2D eigenvalue weighted by Crippen LogP contribution is -2.45. The van der Waals surface area contributed by atoms with E-state index < -0.39 is 11.6 Å². The van der Waals surface area contributed by atoms with E-state index in [1.165, 1.54) is 26.1 Å². The van der Waals surface area contributed by atoms with Gasteiger partial charge in [-0.15, -0.1) is 0 Å². The molecule has 0 fully saturated rings. The van der Waals surface area contributed by atoms with Gasteiger partial charge in [0.15, 0.2) is 0 Å². The average Bonchev–Trinajstić information content (AvgIpc) is 2.23. The molecule has 6 heteroatoms. The summed E-state index contributed by atoms with van der Waals surface area (Å²) in [5.74, 6) is -0.172. The minimum absolute atomic E-state index is 0.172. The van der Waals surface area contributed by atoms with Crippen LogP contribution in [0.15, 0.2) is 0 Å². The van der Waals surface area contributed by atoms with Crippen molar-refractivity contribution in [3.05, 3.63) is 0 Å². The van der Waals surface area contributed by atoms with Crippen molar-refractivity contribution in [2.24, 2.45) is 0 Å². The van der Waals surface area contributed by atoms with Crippen molar-refractivity contribution in [3.8, 4) is 0 Å². The van der Waals surface area contributed by atoms with Gasteiger partial charge in [0, 0.05) is 26.1 Å². The number of carbonyl (C=O) groups is 2. The highest BCUT2D eigenvalue weighted by atomic mass is 16.7. The van der Waals surface area contributed by atoms with Gasteiger partial charge in [-0.2, -0.15) is 0 Å². The molecule has 0 aliphatic heterocycles. The van der Waals surface area contributed by atoms with Gasteiger partial charge in [-0.25, -0.2) is 9.86 Å². The first-order chi connectivity index (χ1) is 7.22. The molecule has 1 N–H and O–H groups in total. The van der Waals surface area contributed by atoms with Gasteiger partial charge < -0.3 is 10.0 Å². The number of amides is 2. The highest BCUT2D eigenvalue weighted by molar-refractivity contribution is 5.75. The Bertz CT molecular complexity index is 266. The lowest BCUT2D eigenvalue weighted by atomic mass is 9.96. The van der Waals surface area contributed by atoms with E-state index in [1.54, 1.807) is 13.8 Å². The minimum atomic E-state index is -1.00. The third kappa shape index (κ3) is 4.06. The van der Waals surface area contributed by atoms with E-state index in [1.807, 2.05) is 0 Å². The van der Waals surface area contributed by atoms with Crippen LogP contribution in [0, 0.1) is 0 Å². The predicted octanol–water partition coefficient (Wildman–Crippen LogP) is 1.17. The molecular formula is C10H20N2O4. The quantitative estimate of drug-likeness (QED) is 0.722. The van der Waals surface area contributed by atoms with Crippen LogP contribution in [-0.2, 0) is 9.63 Å². The molecule has 0 spiro atoms. The number of nitrogens with zero attached hydrogens (tertiary/aromatic N) is 2. The molecule has 0 radical (unpaired) electrons. The maximum absolute atomic E-state index is 11.4. The summed E-state index contributed by atoms with van der Waals surface area (Å²) in [6.07, 6.45) is -0.311. The van der Waals surface area contributed by atoms with Gasteiger partial charge >= 0.3 is 6.09 Å². The van der Waals surface area contributed by atoms with E-state index in [4.69, 9.17) is 9.94 Å².